The predicted octanol–water partition coefficient (Wildman–Crippen LogP) is 1.96. The number of hydrogen-bond acceptors (Lipinski definition) is 4. The Morgan fingerprint density at radius 2 is 2.27 bits per heavy atom. The molecule has 0 fully saturated rings. The summed E-state index contributed by atoms with van der Waals surface area (Å²) in [6.45, 7) is 5.51. The molecule has 0 aliphatic rings. The molecule has 0 aliphatic heterocycles. The van der Waals surface area contributed by atoms with Crippen molar-refractivity contribution in [1.29, 1.82) is 0 Å². The molecule has 0 spiro atoms. The summed E-state index contributed by atoms with van der Waals surface area (Å²) in [4.78, 5) is 12.6. The average Bonchev–Trinajstić information content (AvgIpc) is 2.53. The van der Waals surface area contributed by atoms with Gasteiger partial charge in [-0.2, -0.15) is 0 Å². The van der Waals surface area contributed by atoms with E-state index in [9.17, 15) is 4.79 Å². The van der Waals surface area contributed by atoms with Gasteiger partial charge in [-0.15, -0.1) is 11.3 Å². The number of rotatable bonds is 3. The second-order valence-electron chi connectivity index (χ2n) is 4.42. The Kier molecular flexibility index (Phi) is 3.88. The van der Waals surface area contributed by atoms with Crippen LogP contribution < -0.4 is 5.73 Å². The van der Waals surface area contributed by atoms with Gasteiger partial charge in [0, 0.05) is 11.3 Å². The van der Waals surface area contributed by atoms with Gasteiger partial charge >= 0.3 is 5.97 Å². The summed E-state index contributed by atoms with van der Waals surface area (Å²) in [5.74, 6) is -0.337. The van der Waals surface area contributed by atoms with E-state index >= 15 is 0 Å². The maximum Gasteiger partial charge on any atom is 0.323 e. The van der Waals surface area contributed by atoms with Gasteiger partial charge in [0.1, 0.15) is 11.6 Å². The van der Waals surface area contributed by atoms with E-state index in [1.165, 1.54) is 0 Å². The zero-order chi connectivity index (χ0) is 11.5. The first-order valence-corrected chi connectivity index (χ1v) is 5.77. The number of carbonyl (C=O) groups excluding carboxylic acids is 1. The third-order valence-electron chi connectivity index (χ3n) is 1.71. The lowest BCUT2D eigenvalue weighted by Crippen LogP contribution is -2.38. The quantitative estimate of drug-likeness (QED) is 0.803. The van der Waals surface area contributed by atoms with Crippen molar-refractivity contribution in [2.24, 2.45) is 5.73 Å². The molecule has 15 heavy (non-hydrogen) atoms. The van der Waals surface area contributed by atoms with Crippen molar-refractivity contribution in [2.75, 3.05) is 0 Å². The predicted molar refractivity (Wildman–Crippen MR) is 61.8 cm³/mol. The molecule has 3 nitrogen and oxygen atoms in total. The highest BCUT2D eigenvalue weighted by Gasteiger charge is 2.22. The molecule has 2 N–H and O–H groups in total. The number of esters is 1. The van der Waals surface area contributed by atoms with Crippen LogP contribution in [-0.4, -0.2) is 17.6 Å². The smallest absolute Gasteiger partial charge is 0.323 e. The third kappa shape index (κ3) is 4.44. The highest BCUT2D eigenvalue weighted by Crippen LogP contribution is 2.13. The minimum absolute atomic E-state index is 0.337. The van der Waals surface area contributed by atoms with Crippen molar-refractivity contribution in [1.82, 2.24) is 0 Å². The molecule has 0 saturated carbocycles. The monoisotopic (exact) mass is 227 g/mol. The number of nitrogens with two attached hydrogens (primary N) is 1. The van der Waals surface area contributed by atoms with Crippen molar-refractivity contribution in [2.45, 2.75) is 38.8 Å². The van der Waals surface area contributed by atoms with Crippen LogP contribution in [0.1, 0.15) is 25.6 Å². The summed E-state index contributed by atoms with van der Waals surface area (Å²) >= 11 is 1.60. The summed E-state index contributed by atoms with van der Waals surface area (Å²) in [6, 6.07) is 3.35. The SMILES string of the molecule is CC(C)(C)OC(=O)[C@@H](N)Cc1cccs1. The Balaban J connectivity index is 2.47. The van der Waals surface area contributed by atoms with Crippen molar-refractivity contribution < 1.29 is 9.53 Å². The minimum atomic E-state index is -0.567. The van der Waals surface area contributed by atoms with Gasteiger partial charge in [-0.05, 0) is 32.2 Å². The second kappa shape index (κ2) is 4.77. The van der Waals surface area contributed by atoms with Gasteiger partial charge in [0.15, 0.2) is 0 Å². The summed E-state index contributed by atoms with van der Waals surface area (Å²) in [7, 11) is 0. The van der Waals surface area contributed by atoms with E-state index in [0.29, 0.717) is 6.42 Å². The van der Waals surface area contributed by atoms with E-state index < -0.39 is 11.6 Å². The first kappa shape index (κ1) is 12.2. The zero-order valence-electron chi connectivity index (χ0n) is 9.32. The van der Waals surface area contributed by atoms with Crippen molar-refractivity contribution >= 4 is 17.3 Å². The van der Waals surface area contributed by atoms with Gasteiger partial charge < -0.3 is 10.5 Å². The third-order valence-corrected chi connectivity index (χ3v) is 2.61. The fourth-order valence-corrected chi connectivity index (χ4v) is 1.87. The highest BCUT2D eigenvalue weighted by molar-refractivity contribution is 7.09. The van der Waals surface area contributed by atoms with Crippen LogP contribution in [0.3, 0.4) is 0 Å². The molecule has 1 aromatic heterocycles. The lowest BCUT2D eigenvalue weighted by molar-refractivity contribution is -0.156. The molecule has 0 aliphatic carbocycles. The minimum Gasteiger partial charge on any atom is -0.459 e. The first-order chi connectivity index (χ1) is 6.88. The van der Waals surface area contributed by atoms with E-state index in [1.54, 1.807) is 11.3 Å². The molecule has 0 bridgehead atoms. The van der Waals surface area contributed by atoms with Crippen LogP contribution in [0, 0.1) is 0 Å². The van der Waals surface area contributed by atoms with Crippen LogP contribution in [0.5, 0.6) is 0 Å². The summed E-state index contributed by atoms with van der Waals surface area (Å²) in [5, 5.41) is 1.97. The largest absolute Gasteiger partial charge is 0.459 e. The van der Waals surface area contributed by atoms with Gasteiger partial charge in [-0.1, -0.05) is 6.07 Å². The molecule has 0 amide bonds. The molecule has 1 aromatic rings. The van der Waals surface area contributed by atoms with Crippen LogP contribution in [0.15, 0.2) is 17.5 Å². The van der Waals surface area contributed by atoms with E-state index in [2.05, 4.69) is 0 Å². The van der Waals surface area contributed by atoms with Crippen molar-refractivity contribution in [3.8, 4) is 0 Å². The molecule has 0 saturated heterocycles. The lowest BCUT2D eigenvalue weighted by Gasteiger charge is -2.21. The van der Waals surface area contributed by atoms with Crippen molar-refractivity contribution in [3.05, 3.63) is 22.4 Å². The molecule has 0 unspecified atom stereocenters. The Hall–Kier alpha value is -0.870. The Bertz CT molecular complexity index is 314. The molecule has 1 atom stereocenters. The van der Waals surface area contributed by atoms with E-state index in [-0.39, 0.29) is 5.97 Å². The highest BCUT2D eigenvalue weighted by atomic mass is 32.1. The Morgan fingerprint density at radius 3 is 2.73 bits per heavy atom. The molecule has 1 heterocycles. The molecule has 4 heteroatoms. The molecular weight excluding hydrogens is 210 g/mol. The van der Waals surface area contributed by atoms with Crippen LogP contribution >= 0.6 is 11.3 Å². The molecule has 0 radical (unpaired) electrons. The second-order valence-corrected chi connectivity index (χ2v) is 5.46. The summed E-state index contributed by atoms with van der Waals surface area (Å²) in [5.41, 5.74) is 5.28. The van der Waals surface area contributed by atoms with Crippen LogP contribution in [0.4, 0.5) is 0 Å². The van der Waals surface area contributed by atoms with Gasteiger partial charge in [0.05, 0.1) is 0 Å². The average molecular weight is 227 g/mol. The normalized spacial score (nSPS) is 13.6. The van der Waals surface area contributed by atoms with Gasteiger partial charge in [-0.3, -0.25) is 4.79 Å². The molecule has 0 aromatic carbocycles. The standard InChI is InChI=1S/C11H17NO2S/c1-11(2,3)14-10(13)9(12)7-8-5-4-6-15-8/h4-6,9H,7,12H2,1-3H3/t9-/m0/s1. The van der Waals surface area contributed by atoms with Crippen LogP contribution in [0.25, 0.3) is 0 Å². The molecular formula is C11H17NO2S. The fourth-order valence-electron chi connectivity index (χ4n) is 1.11. The molecule has 1 rings (SSSR count). The van der Waals surface area contributed by atoms with Gasteiger partial charge in [0.25, 0.3) is 0 Å². The number of hydrogen-bond donors (Lipinski definition) is 1. The maximum absolute atomic E-state index is 11.5. The number of thiophene rings is 1. The van der Waals surface area contributed by atoms with E-state index in [1.807, 2.05) is 38.3 Å². The van der Waals surface area contributed by atoms with Gasteiger partial charge in [-0.25, -0.2) is 0 Å². The summed E-state index contributed by atoms with van der Waals surface area (Å²) in [6.07, 6.45) is 0.548. The van der Waals surface area contributed by atoms with Crippen LogP contribution in [0.2, 0.25) is 0 Å². The Morgan fingerprint density at radius 1 is 1.60 bits per heavy atom. The topological polar surface area (TPSA) is 52.3 Å². The van der Waals surface area contributed by atoms with Gasteiger partial charge in [0.2, 0.25) is 0 Å². The first-order valence-electron chi connectivity index (χ1n) is 4.89. The van der Waals surface area contributed by atoms with E-state index in [0.717, 1.165) is 4.88 Å². The summed E-state index contributed by atoms with van der Waals surface area (Å²) < 4.78 is 5.19. The zero-order valence-corrected chi connectivity index (χ0v) is 10.1. The van der Waals surface area contributed by atoms with Crippen LogP contribution in [-0.2, 0) is 16.0 Å². The number of ether oxygens (including phenoxy) is 1. The maximum atomic E-state index is 11.5. The number of carbonyl (C=O) groups is 1. The lowest BCUT2D eigenvalue weighted by atomic mass is 10.1. The molecule has 84 valence electrons. The van der Waals surface area contributed by atoms with Crippen molar-refractivity contribution in [3.63, 3.8) is 0 Å². The van der Waals surface area contributed by atoms with E-state index in [4.69, 9.17) is 10.5 Å². The fraction of sp³-hybridized carbons (Fsp3) is 0.545. The Labute approximate surface area is 94.2 Å².